The molecule has 0 radical (unpaired) electrons. The Hall–Kier alpha value is -0.493. The van der Waals surface area contributed by atoms with Gasteiger partial charge in [-0.2, -0.15) is 12.6 Å². The van der Waals surface area contributed by atoms with Crippen LogP contribution in [0.5, 0.6) is 0 Å². The van der Waals surface area contributed by atoms with Gasteiger partial charge in [-0.3, -0.25) is 9.59 Å². The molecule has 0 spiro atoms. The summed E-state index contributed by atoms with van der Waals surface area (Å²) in [6.07, 6.45) is 1.82. The Labute approximate surface area is 91.2 Å². The third-order valence-electron chi connectivity index (χ3n) is 1.44. The van der Waals surface area contributed by atoms with Crippen LogP contribution >= 0.6 is 12.6 Å². The van der Waals surface area contributed by atoms with Crippen molar-refractivity contribution in [2.75, 3.05) is 5.75 Å². The molecule has 0 aromatic carbocycles. The summed E-state index contributed by atoms with van der Waals surface area (Å²) in [6, 6.07) is 0.666. The van der Waals surface area contributed by atoms with Gasteiger partial charge in [-0.15, -0.1) is 0 Å². The molecule has 0 saturated carbocycles. The van der Waals surface area contributed by atoms with Gasteiger partial charge in [0.2, 0.25) is 0 Å². The Kier molecular flexibility index (Phi) is 7.59. The molecule has 82 valence electrons. The Balaban J connectivity index is 3.84. The minimum absolute atomic E-state index is 0.381. The minimum atomic E-state index is -2.11. The van der Waals surface area contributed by atoms with E-state index in [4.69, 9.17) is 8.85 Å². The van der Waals surface area contributed by atoms with Crippen molar-refractivity contribution in [2.45, 2.75) is 32.7 Å². The number of thiol groups is 1. The summed E-state index contributed by atoms with van der Waals surface area (Å²) < 4.78 is 9.88. The first-order chi connectivity index (χ1) is 6.56. The average molecular weight is 236 g/mol. The first-order valence-electron chi connectivity index (χ1n) is 4.51. The van der Waals surface area contributed by atoms with Gasteiger partial charge in [0, 0.05) is 19.9 Å². The molecule has 14 heavy (non-hydrogen) atoms. The monoisotopic (exact) mass is 236 g/mol. The highest BCUT2D eigenvalue weighted by atomic mass is 32.1. The topological polar surface area (TPSA) is 52.6 Å². The molecule has 0 aliphatic carbocycles. The number of hydrogen-bond donors (Lipinski definition) is 1. The summed E-state index contributed by atoms with van der Waals surface area (Å²) in [5.74, 6) is 0.0314. The molecule has 0 rings (SSSR count). The Bertz CT molecular complexity index is 182. The van der Waals surface area contributed by atoms with Crippen LogP contribution in [-0.2, 0) is 18.4 Å². The van der Waals surface area contributed by atoms with E-state index in [0.29, 0.717) is 6.04 Å². The second-order valence-corrected chi connectivity index (χ2v) is 5.22. The molecule has 0 aromatic heterocycles. The van der Waals surface area contributed by atoms with Crippen LogP contribution in [0.1, 0.15) is 26.7 Å². The number of carbonyl (C=O) groups excluding carboxylic acids is 2. The fourth-order valence-electron chi connectivity index (χ4n) is 0.935. The maximum Gasteiger partial charge on any atom is 0.448 e. The van der Waals surface area contributed by atoms with Crippen molar-refractivity contribution in [3.05, 3.63) is 0 Å². The summed E-state index contributed by atoms with van der Waals surface area (Å²) in [7, 11) is -2.11. The Morgan fingerprint density at radius 3 is 2.00 bits per heavy atom. The normalized spacial score (nSPS) is 10.0. The SMILES string of the molecule is CC(=O)O[SiH](CCCCS)OC(C)=O. The number of hydrogen-bond acceptors (Lipinski definition) is 5. The Morgan fingerprint density at radius 1 is 1.14 bits per heavy atom. The van der Waals surface area contributed by atoms with Crippen molar-refractivity contribution in [2.24, 2.45) is 0 Å². The van der Waals surface area contributed by atoms with Crippen LogP contribution in [-0.4, -0.2) is 27.0 Å². The summed E-state index contributed by atoms with van der Waals surface area (Å²) in [6.45, 7) is 2.64. The van der Waals surface area contributed by atoms with E-state index < -0.39 is 9.28 Å². The molecule has 0 amide bonds. The number of unbranched alkanes of at least 4 members (excludes halogenated alkanes) is 1. The van der Waals surface area contributed by atoms with E-state index in [2.05, 4.69) is 12.6 Å². The molecule has 0 aliphatic heterocycles. The molecular formula is C8H16O4SSi. The fraction of sp³-hybridized carbons (Fsp3) is 0.750. The molecule has 0 bridgehead atoms. The van der Waals surface area contributed by atoms with Crippen molar-refractivity contribution in [1.82, 2.24) is 0 Å². The summed E-state index contributed by atoms with van der Waals surface area (Å²) in [5, 5.41) is 0. The summed E-state index contributed by atoms with van der Waals surface area (Å²) in [4.78, 5) is 21.3. The van der Waals surface area contributed by atoms with Gasteiger partial charge < -0.3 is 8.85 Å². The van der Waals surface area contributed by atoms with E-state index in [9.17, 15) is 9.59 Å². The molecular weight excluding hydrogens is 220 g/mol. The van der Waals surface area contributed by atoms with Crippen molar-refractivity contribution in [3.8, 4) is 0 Å². The first kappa shape index (κ1) is 13.5. The zero-order valence-corrected chi connectivity index (χ0v) is 10.5. The molecule has 0 unspecified atom stereocenters. The van der Waals surface area contributed by atoms with Gasteiger partial charge in [-0.1, -0.05) is 0 Å². The van der Waals surface area contributed by atoms with E-state index >= 15 is 0 Å². The van der Waals surface area contributed by atoms with E-state index in [1.165, 1.54) is 13.8 Å². The lowest BCUT2D eigenvalue weighted by Crippen LogP contribution is -2.27. The second kappa shape index (κ2) is 7.87. The molecule has 0 aromatic rings. The lowest BCUT2D eigenvalue weighted by molar-refractivity contribution is -0.137. The molecule has 6 heteroatoms. The maximum atomic E-state index is 10.7. The highest BCUT2D eigenvalue weighted by Gasteiger charge is 2.18. The average Bonchev–Trinajstić information content (AvgIpc) is 2.02. The number of carbonyl (C=O) groups is 2. The molecule has 0 saturated heterocycles. The van der Waals surface area contributed by atoms with Gasteiger partial charge in [-0.05, 0) is 18.6 Å². The third-order valence-corrected chi connectivity index (χ3v) is 3.83. The van der Waals surface area contributed by atoms with Crippen molar-refractivity contribution >= 4 is 33.9 Å². The van der Waals surface area contributed by atoms with Crippen molar-refractivity contribution < 1.29 is 18.4 Å². The smallest absolute Gasteiger partial charge is 0.448 e. The van der Waals surface area contributed by atoms with E-state index in [1.54, 1.807) is 0 Å². The van der Waals surface area contributed by atoms with Crippen molar-refractivity contribution in [3.63, 3.8) is 0 Å². The van der Waals surface area contributed by atoms with Crippen LogP contribution in [0.2, 0.25) is 6.04 Å². The maximum absolute atomic E-state index is 10.7. The standard InChI is InChI=1S/C8H16O4SSi/c1-7(9)11-14(12-8(2)10)6-4-3-5-13/h13-14H,3-6H2,1-2H3. The summed E-state index contributed by atoms with van der Waals surface area (Å²) in [5.41, 5.74) is 0. The van der Waals surface area contributed by atoms with Crippen LogP contribution in [0.4, 0.5) is 0 Å². The van der Waals surface area contributed by atoms with Crippen LogP contribution in [0, 0.1) is 0 Å². The lowest BCUT2D eigenvalue weighted by atomic mass is 10.4. The zero-order chi connectivity index (χ0) is 11.0. The van der Waals surface area contributed by atoms with Gasteiger partial charge in [0.05, 0.1) is 0 Å². The van der Waals surface area contributed by atoms with Crippen molar-refractivity contribution in [1.29, 1.82) is 0 Å². The second-order valence-electron chi connectivity index (χ2n) is 2.87. The highest BCUT2D eigenvalue weighted by molar-refractivity contribution is 7.80. The summed E-state index contributed by atoms with van der Waals surface area (Å²) >= 11 is 4.06. The lowest BCUT2D eigenvalue weighted by Gasteiger charge is -2.13. The van der Waals surface area contributed by atoms with Crippen LogP contribution in [0.15, 0.2) is 0 Å². The van der Waals surface area contributed by atoms with Gasteiger partial charge in [0.15, 0.2) is 0 Å². The largest absolute Gasteiger partial charge is 0.487 e. The third kappa shape index (κ3) is 8.12. The number of rotatable bonds is 6. The van der Waals surface area contributed by atoms with Crippen LogP contribution in [0.25, 0.3) is 0 Å². The van der Waals surface area contributed by atoms with Gasteiger partial charge in [-0.25, -0.2) is 0 Å². The van der Waals surface area contributed by atoms with Crippen LogP contribution < -0.4 is 0 Å². The molecule has 0 heterocycles. The van der Waals surface area contributed by atoms with Gasteiger partial charge >= 0.3 is 9.28 Å². The molecule has 0 aliphatic rings. The minimum Gasteiger partial charge on any atom is -0.487 e. The molecule has 0 fully saturated rings. The van der Waals surface area contributed by atoms with Crippen LogP contribution in [0.3, 0.4) is 0 Å². The Morgan fingerprint density at radius 2 is 1.64 bits per heavy atom. The predicted octanol–water partition coefficient (Wildman–Crippen LogP) is 1.04. The highest BCUT2D eigenvalue weighted by Crippen LogP contribution is 2.06. The predicted molar refractivity (Wildman–Crippen MR) is 58.6 cm³/mol. The van der Waals surface area contributed by atoms with E-state index in [-0.39, 0.29) is 11.9 Å². The molecule has 0 atom stereocenters. The molecule has 4 nitrogen and oxygen atoms in total. The van der Waals surface area contributed by atoms with E-state index in [1.807, 2.05) is 0 Å². The van der Waals surface area contributed by atoms with Gasteiger partial charge in [0.1, 0.15) is 0 Å². The van der Waals surface area contributed by atoms with E-state index in [0.717, 1.165) is 18.6 Å². The quantitative estimate of drug-likeness (QED) is 0.425. The fourth-order valence-corrected chi connectivity index (χ4v) is 2.80. The van der Waals surface area contributed by atoms with Gasteiger partial charge in [0.25, 0.3) is 11.9 Å². The first-order valence-corrected chi connectivity index (χ1v) is 6.90. The zero-order valence-electron chi connectivity index (χ0n) is 8.49. The molecule has 0 N–H and O–H groups in total.